The Balaban J connectivity index is 1.46. The van der Waals surface area contributed by atoms with E-state index in [9.17, 15) is 9.90 Å². The van der Waals surface area contributed by atoms with Crippen molar-refractivity contribution < 1.29 is 19.4 Å². The minimum absolute atomic E-state index is 0.139. The summed E-state index contributed by atoms with van der Waals surface area (Å²) in [5.74, 6) is 0.316. The molecule has 0 radical (unpaired) electrons. The second-order valence-electron chi connectivity index (χ2n) is 6.20. The smallest absolute Gasteiger partial charge is 0.251 e. The number of aliphatic hydroxyl groups is 1. The van der Waals surface area contributed by atoms with E-state index in [0.717, 1.165) is 11.1 Å². The summed E-state index contributed by atoms with van der Waals surface area (Å²) in [6.07, 6.45) is -1.05. The molecule has 24 heavy (non-hydrogen) atoms. The zero-order valence-corrected chi connectivity index (χ0v) is 13.3. The Bertz CT molecular complexity index is 775. The Kier molecular flexibility index (Phi) is 3.75. The number of methoxy groups -OCH3 is 1. The van der Waals surface area contributed by atoms with Crippen LogP contribution < -0.4 is 10.1 Å². The number of hydrogen-bond donors (Lipinski definition) is 2. The molecule has 4 atom stereocenters. The number of carbonyl (C=O) groups excluding carboxylic acids is 1. The van der Waals surface area contributed by atoms with Gasteiger partial charge in [-0.2, -0.15) is 0 Å². The largest absolute Gasteiger partial charge is 0.497 e. The molecule has 2 aliphatic heterocycles. The van der Waals surface area contributed by atoms with Gasteiger partial charge in [0.05, 0.1) is 19.3 Å². The maximum Gasteiger partial charge on any atom is 0.251 e. The molecule has 2 heterocycles. The molecular formula is C19H19NO4. The first-order valence-corrected chi connectivity index (χ1v) is 8.03. The molecule has 1 amide bonds. The van der Waals surface area contributed by atoms with E-state index in [-0.39, 0.29) is 24.0 Å². The van der Waals surface area contributed by atoms with Crippen LogP contribution in [0.15, 0.2) is 48.5 Å². The summed E-state index contributed by atoms with van der Waals surface area (Å²) in [6, 6.07) is 15.0. The predicted molar refractivity (Wildman–Crippen MR) is 87.8 cm³/mol. The van der Waals surface area contributed by atoms with Gasteiger partial charge in [-0.25, -0.2) is 0 Å². The van der Waals surface area contributed by atoms with Crippen LogP contribution in [0.3, 0.4) is 0 Å². The first kappa shape index (κ1) is 15.2. The predicted octanol–water partition coefficient (Wildman–Crippen LogP) is 2.23. The average molecular weight is 325 g/mol. The highest BCUT2D eigenvalue weighted by molar-refractivity contribution is 5.94. The third kappa shape index (κ3) is 2.37. The Hall–Kier alpha value is -2.37. The van der Waals surface area contributed by atoms with E-state index in [1.165, 1.54) is 0 Å². The Morgan fingerprint density at radius 1 is 1.17 bits per heavy atom. The van der Waals surface area contributed by atoms with Crippen molar-refractivity contribution in [1.82, 2.24) is 5.32 Å². The summed E-state index contributed by atoms with van der Waals surface area (Å²) in [7, 11) is 1.57. The van der Waals surface area contributed by atoms with Crippen molar-refractivity contribution in [2.24, 2.45) is 5.92 Å². The highest BCUT2D eigenvalue weighted by Crippen LogP contribution is 2.53. The number of carbonyl (C=O) groups is 1. The fraction of sp³-hybridized carbons (Fsp3) is 0.316. The quantitative estimate of drug-likeness (QED) is 0.904. The minimum Gasteiger partial charge on any atom is -0.497 e. The molecule has 1 saturated heterocycles. The average Bonchev–Trinajstić information content (AvgIpc) is 3.16. The molecule has 0 aliphatic carbocycles. The summed E-state index contributed by atoms with van der Waals surface area (Å²) in [5, 5.41) is 13.4. The minimum atomic E-state index is -0.601. The van der Waals surface area contributed by atoms with Gasteiger partial charge in [-0.1, -0.05) is 30.3 Å². The zero-order valence-electron chi connectivity index (χ0n) is 13.3. The molecule has 2 N–H and O–H groups in total. The van der Waals surface area contributed by atoms with Gasteiger partial charge >= 0.3 is 0 Å². The van der Waals surface area contributed by atoms with Crippen LogP contribution >= 0.6 is 0 Å². The fourth-order valence-electron chi connectivity index (χ4n) is 3.64. The summed E-state index contributed by atoms with van der Waals surface area (Å²) < 4.78 is 11.1. The van der Waals surface area contributed by atoms with E-state index in [2.05, 4.69) is 5.32 Å². The van der Waals surface area contributed by atoms with Crippen molar-refractivity contribution in [3.63, 3.8) is 0 Å². The first-order valence-electron chi connectivity index (χ1n) is 8.03. The standard InChI is InChI=1S/C19H19NO4/c1-23-12-6-4-5-11(9-12)19(22)20-10-15-16(21)18-14-8-3-2-7-13(14)17(15)24-18/h2-9,15-18,21H,10H2,1H3,(H,20,22)/t15-,16+,17+,18-/m1/s1. The second-order valence-corrected chi connectivity index (χ2v) is 6.20. The topological polar surface area (TPSA) is 67.8 Å². The van der Waals surface area contributed by atoms with E-state index in [0.29, 0.717) is 17.9 Å². The third-order valence-corrected chi connectivity index (χ3v) is 4.87. The van der Waals surface area contributed by atoms with Gasteiger partial charge in [0.25, 0.3) is 5.91 Å². The van der Waals surface area contributed by atoms with E-state index >= 15 is 0 Å². The van der Waals surface area contributed by atoms with Crippen molar-refractivity contribution in [1.29, 1.82) is 0 Å². The number of benzene rings is 2. The maximum absolute atomic E-state index is 12.3. The van der Waals surface area contributed by atoms with Gasteiger partial charge in [0.1, 0.15) is 11.9 Å². The Morgan fingerprint density at radius 2 is 1.92 bits per heavy atom. The van der Waals surface area contributed by atoms with Crippen molar-refractivity contribution in [3.8, 4) is 5.75 Å². The lowest BCUT2D eigenvalue weighted by Crippen LogP contribution is -2.37. The number of aliphatic hydroxyl groups excluding tert-OH is 1. The van der Waals surface area contributed by atoms with Crippen LogP contribution in [-0.4, -0.2) is 30.8 Å². The van der Waals surface area contributed by atoms with Crippen molar-refractivity contribution >= 4 is 5.91 Å². The highest BCUT2D eigenvalue weighted by Gasteiger charge is 2.51. The molecule has 1 fully saturated rings. The molecule has 5 nitrogen and oxygen atoms in total. The van der Waals surface area contributed by atoms with Crippen LogP contribution in [-0.2, 0) is 4.74 Å². The number of rotatable bonds is 4. The molecule has 0 unspecified atom stereocenters. The van der Waals surface area contributed by atoms with Crippen LogP contribution in [0.1, 0.15) is 33.7 Å². The molecule has 0 spiro atoms. The van der Waals surface area contributed by atoms with E-state index in [1.807, 2.05) is 24.3 Å². The number of hydrogen-bond acceptors (Lipinski definition) is 4. The van der Waals surface area contributed by atoms with Crippen molar-refractivity contribution in [2.75, 3.05) is 13.7 Å². The van der Waals surface area contributed by atoms with Gasteiger partial charge in [0.15, 0.2) is 0 Å². The van der Waals surface area contributed by atoms with Gasteiger partial charge in [-0.3, -0.25) is 4.79 Å². The summed E-state index contributed by atoms with van der Waals surface area (Å²) in [4.78, 5) is 12.3. The van der Waals surface area contributed by atoms with E-state index in [4.69, 9.17) is 9.47 Å². The molecule has 2 bridgehead atoms. The normalized spacial score (nSPS) is 26.9. The van der Waals surface area contributed by atoms with Gasteiger partial charge in [0, 0.05) is 18.0 Å². The summed E-state index contributed by atoms with van der Waals surface area (Å²) in [6.45, 7) is 0.368. The van der Waals surface area contributed by atoms with Gasteiger partial charge in [-0.15, -0.1) is 0 Å². The van der Waals surface area contributed by atoms with Crippen LogP contribution in [0.25, 0.3) is 0 Å². The summed E-state index contributed by atoms with van der Waals surface area (Å²) in [5.41, 5.74) is 2.71. The molecule has 2 aromatic carbocycles. The number of amides is 1. The monoisotopic (exact) mass is 325 g/mol. The molecule has 2 aliphatic rings. The van der Waals surface area contributed by atoms with Crippen LogP contribution in [0, 0.1) is 5.92 Å². The van der Waals surface area contributed by atoms with E-state index in [1.54, 1.807) is 31.4 Å². The van der Waals surface area contributed by atoms with Crippen molar-refractivity contribution in [3.05, 3.63) is 65.2 Å². The molecule has 0 aromatic heterocycles. The lowest BCUT2D eigenvalue weighted by molar-refractivity contribution is 0.0299. The van der Waals surface area contributed by atoms with Gasteiger partial charge in [0.2, 0.25) is 0 Å². The number of ether oxygens (including phenoxy) is 2. The van der Waals surface area contributed by atoms with Gasteiger partial charge < -0.3 is 19.9 Å². The third-order valence-electron chi connectivity index (χ3n) is 4.87. The molecule has 124 valence electrons. The van der Waals surface area contributed by atoms with Crippen molar-refractivity contribution in [2.45, 2.75) is 18.3 Å². The lowest BCUT2D eigenvalue weighted by atomic mass is 9.81. The Labute approximate surface area is 140 Å². The van der Waals surface area contributed by atoms with E-state index < -0.39 is 6.10 Å². The number of nitrogens with one attached hydrogen (secondary N) is 1. The van der Waals surface area contributed by atoms with Gasteiger partial charge in [-0.05, 0) is 29.3 Å². The molecule has 5 heteroatoms. The van der Waals surface area contributed by atoms with Crippen LogP contribution in [0.5, 0.6) is 5.75 Å². The SMILES string of the molecule is COc1cccc(C(=O)NC[C@@H]2[C@H](O)[C@@H]3O[C@H]2c2ccccc23)c1. The number of fused-ring (bicyclic) bond motifs is 5. The molecule has 2 aromatic rings. The fourth-order valence-corrected chi connectivity index (χ4v) is 3.64. The first-order chi connectivity index (χ1) is 11.7. The molecule has 0 saturated carbocycles. The highest BCUT2D eigenvalue weighted by atomic mass is 16.5. The molecular weight excluding hydrogens is 306 g/mol. The Morgan fingerprint density at radius 3 is 2.67 bits per heavy atom. The lowest BCUT2D eigenvalue weighted by Gasteiger charge is -2.26. The summed E-state index contributed by atoms with van der Waals surface area (Å²) >= 11 is 0. The maximum atomic E-state index is 12.3. The van der Waals surface area contributed by atoms with Crippen LogP contribution in [0.4, 0.5) is 0 Å². The second kappa shape index (κ2) is 5.92. The molecule has 4 rings (SSSR count). The van der Waals surface area contributed by atoms with Crippen LogP contribution in [0.2, 0.25) is 0 Å². The zero-order chi connectivity index (χ0) is 16.7.